The lowest BCUT2D eigenvalue weighted by Gasteiger charge is -2.23. The summed E-state index contributed by atoms with van der Waals surface area (Å²) in [7, 11) is 3.88. The number of methoxy groups -OCH3 is 1. The Balaban J connectivity index is 3.53. The molecule has 0 saturated carbocycles. The molecule has 13 heavy (non-hydrogen) atoms. The van der Waals surface area contributed by atoms with E-state index in [0.717, 1.165) is 26.2 Å². The molecule has 0 aromatic rings. The smallest absolute Gasteiger partial charge is 0.0589 e. The molecule has 80 valence electrons. The van der Waals surface area contributed by atoms with Crippen molar-refractivity contribution in [2.45, 2.75) is 26.3 Å². The first-order valence-corrected chi connectivity index (χ1v) is 5.15. The van der Waals surface area contributed by atoms with Gasteiger partial charge in [0.05, 0.1) is 6.61 Å². The highest BCUT2D eigenvalue weighted by molar-refractivity contribution is 4.67. The van der Waals surface area contributed by atoms with Gasteiger partial charge in [-0.05, 0) is 20.0 Å². The van der Waals surface area contributed by atoms with Crippen molar-refractivity contribution in [2.75, 3.05) is 40.4 Å². The molecule has 0 saturated heterocycles. The van der Waals surface area contributed by atoms with Gasteiger partial charge in [0.2, 0.25) is 0 Å². The van der Waals surface area contributed by atoms with Crippen molar-refractivity contribution in [1.29, 1.82) is 0 Å². The fourth-order valence-electron chi connectivity index (χ4n) is 1.34. The van der Waals surface area contributed by atoms with E-state index in [2.05, 4.69) is 31.1 Å². The Morgan fingerprint density at radius 3 is 2.54 bits per heavy atom. The average Bonchev–Trinajstić information content (AvgIpc) is 2.14. The predicted molar refractivity (Wildman–Crippen MR) is 57.1 cm³/mol. The maximum absolute atomic E-state index is 5.03. The van der Waals surface area contributed by atoms with Crippen LogP contribution in [0.1, 0.15) is 20.3 Å². The largest absolute Gasteiger partial charge is 0.383 e. The summed E-state index contributed by atoms with van der Waals surface area (Å²) in [6, 6.07) is 0.617. The first kappa shape index (κ1) is 12.9. The number of ether oxygens (including phenoxy) is 1. The molecule has 0 spiro atoms. The highest BCUT2D eigenvalue weighted by Gasteiger charge is 2.07. The molecule has 0 rings (SSSR count). The van der Waals surface area contributed by atoms with Crippen LogP contribution in [-0.2, 0) is 4.74 Å². The molecule has 0 heterocycles. The van der Waals surface area contributed by atoms with Crippen molar-refractivity contribution < 1.29 is 4.74 Å². The SMILES string of the molecule is CCNC(CC)CN(C)CCOC. The van der Waals surface area contributed by atoms with Gasteiger partial charge in [0.25, 0.3) is 0 Å². The second kappa shape index (κ2) is 8.48. The molecule has 0 fully saturated rings. The summed E-state index contributed by atoms with van der Waals surface area (Å²) in [5, 5.41) is 3.46. The van der Waals surface area contributed by atoms with Crippen LogP contribution in [0.25, 0.3) is 0 Å². The first-order valence-electron chi connectivity index (χ1n) is 5.15. The molecule has 1 N–H and O–H groups in total. The third-order valence-corrected chi connectivity index (χ3v) is 2.19. The van der Waals surface area contributed by atoms with Crippen LogP contribution < -0.4 is 5.32 Å². The Kier molecular flexibility index (Phi) is 8.40. The van der Waals surface area contributed by atoms with Crippen LogP contribution in [0.5, 0.6) is 0 Å². The van der Waals surface area contributed by atoms with E-state index in [4.69, 9.17) is 4.74 Å². The van der Waals surface area contributed by atoms with E-state index >= 15 is 0 Å². The highest BCUT2D eigenvalue weighted by atomic mass is 16.5. The van der Waals surface area contributed by atoms with Crippen LogP contribution >= 0.6 is 0 Å². The van der Waals surface area contributed by atoms with Crippen molar-refractivity contribution in [3.63, 3.8) is 0 Å². The Morgan fingerprint density at radius 2 is 2.08 bits per heavy atom. The van der Waals surface area contributed by atoms with Crippen LogP contribution in [0.15, 0.2) is 0 Å². The normalized spacial score (nSPS) is 13.6. The fourth-order valence-corrected chi connectivity index (χ4v) is 1.34. The molecule has 3 heteroatoms. The van der Waals surface area contributed by atoms with Gasteiger partial charge in [0.1, 0.15) is 0 Å². The van der Waals surface area contributed by atoms with Gasteiger partial charge in [-0.2, -0.15) is 0 Å². The van der Waals surface area contributed by atoms with Crippen molar-refractivity contribution in [1.82, 2.24) is 10.2 Å². The number of hydrogen-bond donors (Lipinski definition) is 1. The topological polar surface area (TPSA) is 24.5 Å². The summed E-state index contributed by atoms with van der Waals surface area (Å²) in [6.45, 7) is 8.36. The number of hydrogen-bond acceptors (Lipinski definition) is 3. The summed E-state index contributed by atoms with van der Waals surface area (Å²) in [6.07, 6.45) is 1.19. The van der Waals surface area contributed by atoms with Crippen LogP contribution in [-0.4, -0.2) is 51.3 Å². The van der Waals surface area contributed by atoms with Crippen molar-refractivity contribution >= 4 is 0 Å². The Morgan fingerprint density at radius 1 is 1.38 bits per heavy atom. The van der Waals surface area contributed by atoms with Gasteiger partial charge in [0.15, 0.2) is 0 Å². The molecule has 0 aliphatic heterocycles. The summed E-state index contributed by atoms with van der Waals surface area (Å²) in [4.78, 5) is 2.31. The second-order valence-electron chi connectivity index (χ2n) is 3.42. The zero-order valence-electron chi connectivity index (χ0n) is 9.47. The van der Waals surface area contributed by atoms with Crippen molar-refractivity contribution in [3.05, 3.63) is 0 Å². The van der Waals surface area contributed by atoms with Gasteiger partial charge in [-0.15, -0.1) is 0 Å². The van der Waals surface area contributed by atoms with Gasteiger partial charge in [-0.25, -0.2) is 0 Å². The summed E-state index contributed by atoms with van der Waals surface area (Å²) >= 11 is 0. The van der Waals surface area contributed by atoms with Crippen LogP contribution in [0, 0.1) is 0 Å². The van der Waals surface area contributed by atoms with E-state index in [1.54, 1.807) is 7.11 Å². The predicted octanol–water partition coefficient (Wildman–Crippen LogP) is 0.953. The fraction of sp³-hybridized carbons (Fsp3) is 1.00. The highest BCUT2D eigenvalue weighted by Crippen LogP contribution is 1.94. The zero-order chi connectivity index (χ0) is 10.1. The molecule has 0 aliphatic rings. The number of likely N-dealkylation sites (N-methyl/N-ethyl adjacent to an activating group) is 2. The number of nitrogens with zero attached hydrogens (tertiary/aromatic N) is 1. The minimum absolute atomic E-state index is 0.617. The van der Waals surface area contributed by atoms with E-state index in [-0.39, 0.29) is 0 Å². The molecule has 3 nitrogen and oxygen atoms in total. The molecule has 0 bridgehead atoms. The lowest BCUT2D eigenvalue weighted by atomic mass is 10.2. The minimum Gasteiger partial charge on any atom is -0.383 e. The lowest BCUT2D eigenvalue weighted by molar-refractivity contribution is 0.155. The summed E-state index contributed by atoms with van der Waals surface area (Å²) in [5.41, 5.74) is 0. The van der Waals surface area contributed by atoms with E-state index in [9.17, 15) is 0 Å². The molecule has 0 aliphatic carbocycles. The maximum atomic E-state index is 5.03. The third-order valence-electron chi connectivity index (χ3n) is 2.19. The summed E-state index contributed by atoms with van der Waals surface area (Å²) < 4.78 is 5.03. The lowest BCUT2D eigenvalue weighted by Crippen LogP contribution is -2.40. The summed E-state index contributed by atoms with van der Waals surface area (Å²) in [5.74, 6) is 0. The zero-order valence-corrected chi connectivity index (χ0v) is 9.47. The van der Waals surface area contributed by atoms with E-state index in [1.165, 1.54) is 6.42 Å². The van der Waals surface area contributed by atoms with Gasteiger partial charge in [-0.1, -0.05) is 13.8 Å². The maximum Gasteiger partial charge on any atom is 0.0589 e. The van der Waals surface area contributed by atoms with Gasteiger partial charge >= 0.3 is 0 Å². The Labute approximate surface area is 82.4 Å². The van der Waals surface area contributed by atoms with Crippen LogP contribution in [0.4, 0.5) is 0 Å². The van der Waals surface area contributed by atoms with Gasteiger partial charge < -0.3 is 15.0 Å². The number of nitrogens with one attached hydrogen (secondary N) is 1. The van der Waals surface area contributed by atoms with E-state index < -0.39 is 0 Å². The van der Waals surface area contributed by atoms with Crippen molar-refractivity contribution in [2.24, 2.45) is 0 Å². The standard InChI is InChI=1S/C10H24N2O/c1-5-10(11-6-2)9-12(3)7-8-13-4/h10-11H,5-9H2,1-4H3. The minimum atomic E-state index is 0.617. The monoisotopic (exact) mass is 188 g/mol. The molecule has 1 unspecified atom stereocenters. The van der Waals surface area contributed by atoms with E-state index in [1.807, 2.05) is 0 Å². The molecule has 0 aromatic heterocycles. The molecular weight excluding hydrogens is 164 g/mol. The molecule has 0 aromatic carbocycles. The first-order chi connectivity index (χ1) is 6.24. The second-order valence-corrected chi connectivity index (χ2v) is 3.42. The molecule has 1 atom stereocenters. The van der Waals surface area contributed by atoms with Gasteiger partial charge in [-0.3, -0.25) is 0 Å². The molecule has 0 radical (unpaired) electrons. The molecule has 0 amide bonds. The number of rotatable bonds is 8. The van der Waals surface area contributed by atoms with Crippen LogP contribution in [0.2, 0.25) is 0 Å². The van der Waals surface area contributed by atoms with E-state index in [0.29, 0.717) is 6.04 Å². The average molecular weight is 188 g/mol. The van der Waals surface area contributed by atoms with Crippen LogP contribution in [0.3, 0.4) is 0 Å². The van der Waals surface area contributed by atoms with Crippen molar-refractivity contribution in [3.8, 4) is 0 Å². The molecular formula is C10H24N2O. The third kappa shape index (κ3) is 6.99. The van der Waals surface area contributed by atoms with Gasteiger partial charge in [0, 0.05) is 26.2 Å². The Hall–Kier alpha value is -0.120. The Bertz CT molecular complexity index is 109. The quantitative estimate of drug-likeness (QED) is 0.614.